The molecule has 5 heteroatoms. The molecule has 2 aromatic rings. The second-order valence-electron chi connectivity index (χ2n) is 3.71. The number of benzene rings is 1. The highest BCUT2D eigenvalue weighted by atomic mass is 19.1. The van der Waals surface area contributed by atoms with Gasteiger partial charge in [0.1, 0.15) is 5.82 Å². The first kappa shape index (κ1) is 11.3. The zero-order valence-corrected chi connectivity index (χ0v) is 9.22. The van der Waals surface area contributed by atoms with E-state index in [4.69, 9.17) is 5.11 Å². The minimum atomic E-state index is -0.939. The van der Waals surface area contributed by atoms with E-state index < -0.39 is 5.97 Å². The van der Waals surface area contributed by atoms with E-state index in [2.05, 4.69) is 5.10 Å². The molecule has 0 radical (unpaired) electrons. The van der Waals surface area contributed by atoms with Crippen molar-refractivity contribution in [2.45, 2.75) is 6.42 Å². The largest absolute Gasteiger partial charge is 0.481 e. The lowest BCUT2D eigenvalue weighted by Gasteiger charge is -2.03. The molecule has 0 amide bonds. The number of nitrogens with zero attached hydrogens (tertiary/aromatic N) is 2. The summed E-state index contributed by atoms with van der Waals surface area (Å²) in [5, 5.41) is 12.8. The van der Waals surface area contributed by atoms with Gasteiger partial charge in [-0.05, 0) is 17.7 Å². The molecule has 0 saturated carbocycles. The Morgan fingerprint density at radius 1 is 1.53 bits per heavy atom. The van der Waals surface area contributed by atoms with Crippen molar-refractivity contribution in [3.8, 4) is 11.1 Å². The Kier molecular flexibility index (Phi) is 2.91. The molecular weight excluding hydrogens is 223 g/mol. The second kappa shape index (κ2) is 4.37. The molecule has 1 aromatic carbocycles. The van der Waals surface area contributed by atoms with Gasteiger partial charge in [-0.3, -0.25) is 9.48 Å². The van der Waals surface area contributed by atoms with E-state index in [1.807, 2.05) is 0 Å². The van der Waals surface area contributed by atoms with Crippen LogP contribution in [0.4, 0.5) is 4.39 Å². The van der Waals surface area contributed by atoms with Crippen LogP contribution in [0.15, 0.2) is 30.5 Å². The van der Waals surface area contributed by atoms with Crippen molar-refractivity contribution >= 4 is 5.97 Å². The van der Waals surface area contributed by atoms with Crippen LogP contribution in [-0.4, -0.2) is 20.9 Å². The Morgan fingerprint density at radius 2 is 2.29 bits per heavy atom. The third-order valence-corrected chi connectivity index (χ3v) is 2.52. The highest BCUT2D eigenvalue weighted by molar-refractivity contribution is 5.75. The monoisotopic (exact) mass is 234 g/mol. The fraction of sp³-hybridized carbons (Fsp3) is 0.167. The summed E-state index contributed by atoms with van der Waals surface area (Å²) in [5.74, 6) is -1.29. The molecule has 1 heterocycles. The number of carbonyl (C=O) groups is 1. The van der Waals surface area contributed by atoms with Crippen molar-refractivity contribution in [3.63, 3.8) is 0 Å². The fourth-order valence-corrected chi connectivity index (χ4v) is 1.71. The van der Waals surface area contributed by atoms with E-state index in [1.54, 1.807) is 25.4 Å². The van der Waals surface area contributed by atoms with Crippen LogP contribution in [0.2, 0.25) is 0 Å². The first-order chi connectivity index (χ1) is 8.08. The molecule has 1 N–H and O–H groups in total. The van der Waals surface area contributed by atoms with Crippen molar-refractivity contribution in [3.05, 3.63) is 42.0 Å². The maximum Gasteiger partial charge on any atom is 0.309 e. The number of aryl methyl sites for hydroxylation is 1. The molecule has 0 aliphatic carbocycles. The minimum Gasteiger partial charge on any atom is -0.481 e. The SMILES string of the molecule is Cn1ncc(-c2cccc(F)c2)c1CC(=O)O. The van der Waals surface area contributed by atoms with Crippen molar-refractivity contribution in [2.75, 3.05) is 0 Å². The molecule has 88 valence electrons. The number of halogens is 1. The van der Waals surface area contributed by atoms with E-state index in [0.717, 1.165) is 0 Å². The predicted octanol–water partition coefficient (Wildman–Crippen LogP) is 1.85. The van der Waals surface area contributed by atoms with Crippen LogP contribution in [0.5, 0.6) is 0 Å². The van der Waals surface area contributed by atoms with Crippen molar-refractivity contribution in [1.82, 2.24) is 9.78 Å². The highest BCUT2D eigenvalue weighted by Gasteiger charge is 2.13. The molecule has 2 rings (SSSR count). The summed E-state index contributed by atoms with van der Waals surface area (Å²) in [6.07, 6.45) is 1.41. The maximum atomic E-state index is 13.1. The average molecular weight is 234 g/mol. The zero-order valence-electron chi connectivity index (χ0n) is 9.22. The number of aliphatic carboxylic acids is 1. The molecule has 1 aromatic heterocycles. The van der Waals surface area contributed by atoms with Crippen LogP contribution >= 0.6 is 0 Å². The summed E-state index contributed by atoms with van der Waals surface area (Å²) >= 11 is 0. The first-order valence-corrected chi connectivity index (χ1v) is 5.06. The Balaban J connectivity index is 2.48. The van der Waals surface area contributed by atoms with Crippen LogP contribution in [0.3, 0.4) is 0 Å². The lowest BCUT2D eigenvalue weighted by Crippen LogP contribution is -2.07. The summed E-state index contributed by atoms with van der Waals surface area (Å²) < 4.78 is 14.6. The molecule has 0 aliphatic rings. The van der Waals surface area contributed by atoms with Gasteiger partial charge in [-0.15, -0.1) is 0 Å². The Hall–Kier alpha value is -2.17. The standard InChI is InChI=1S/C12H11FN2O2/c1-15-11(6-12(16)17)10(7-14-15)8-3-2-4-9(13)5-8/h2-5,7H,6H2,1H3,(H,16,17). The van der Waals surface area contributed by atoms with Gasteiger partial charge in [-0.25, -0.2) is 4.39 Å². The summed E-state index contributed by atoms with van der Waals surface area (Å²) in [7, 11) is 1.67. The van der Waals surface area contributed by atoms with E-state index in [-0.39, 0.29) is 12.2 Å². The quantitative estimate of drug-likeness (QED) is 0.881. The molecule has 0 unspecified atom stereocenters. The van der Waals surface area contributed by atoms with Gasteiger partial charge in [-0.1, -0.05) is 12.1 Å². The summed E-state index contributed by atoms with van der Waals surface area (Å²) in [6.45, 7) is 0. The van der Waals surface area contributed by atoms with Crippen LogP contribution in [0.25, 0.3) is 11.1 Å². The van der Waals surface area contributed by atoms with Gasteiger partial charge >= 0.3 is 5.97 Å². The highest BCUT2D eigenvalue weighted by Crippen LogP contribution is 2.24. The van der Waals surface area contributed by atoms with E-state index in [0.29, 0.717) is 16.8 Å². The van der Waals surface area contributed by atoms with Crippen molar-refractivity contribution in [1.29, 1.82) is 0 Å². The molecule has 0 spiro atoms. The fourth-order valence-electron chi connectivity index (χ4n) is 1.71. The topological polar surface area (TPSA) is 55.1 Å². The van der Waals surface area contributed by atoms with E-state index >= 15 is 0 Å². The first-order valence-electron chi connectivity index (χ1n) is 5.06. The number of carboxylic acids is 1. The van der Waals surface area contributed by atoms with E-state index in [1.165, 1.54) is 16.8 Å². The van der Waals surface area contributed by atoms with Crippen LogP contribution in [0, 0.1) is 5.82 Å². The molecular formula is C12H11FN2O2. The van der Waals surface area contributed by atoms with E-state index in [9.17, 15) is 9.18 Å². The molecule has 0 fully saturated rings. The summed E-state index contributed by atoms with van der Waals surface area (Å²) in [6, 6.07) is 6.02. The maximum absolute atomic E-state index is 13.1. The van der Waals surface area contributed by atoms with Crippen LogP contribution < -0.4 is 0 Å². The van der Waals surface area contributed by atoms with Gasteiger partial charge in [0.05, 0.1) is 18.3 Å². The molecule has 0 atom stereocenters. The van der Waals surface area contributed by atoms with Gasteiger partial charge in [0, 0.05) is 12.6 Å². The third-order valence-electron chi connectivity index (χ3n) is 2.52. The Morgan fingerprint density at radius 3 is 2.94 bits per heavy atom. The molecule has 0 aliphatic heterocycles. The molecule has 0 saturated heterocycles. The predicted molar refractivity (Wildman–Crippen MR) is 59.9 cm³/mol. The normalized spacial score (nSPS) is 10.5. The number of rotatable bonds is 3. The second-order valence-corrected chi connectivity index (χ2v) is 3.71. The third kappa shape index (κ3) is 2.33. The molecule has 0 bridgehead atoms. The van der Waals surface area contributed by atoms with Gasteiger partial charge in [-0.2, -0.15) is 5.10 Å². The van der Waals surface area contributed by atoms with Gasteiger partial charge in [0.15, 0.2) is 0 Å². The Bertz CT molecular complexity index is 563. The number of hydrogen-bond donors (Lipinski definition) is 1. The number of carboxylic acid groups (broad SMARTS) is 1. The van der Waals surface area contributed by atoms with Gasteiger partial charge in [0.2, 0.25) is 0 Å². The number of aromatic nitrogens is 2. The van der Waals surface area contributed by atoms with Crippen LogP contribution in [-0.2, 0) is 18.3 Å². The van der Waals surface area contributed by atoms with Crippen molar-refractivity contribution < 1.29 is 14.3 Å². The lowest BCUT2D eigenvalue weighted by atomic mass is 10.0. The van der Waals surface area contributed by atoms with Crippen molar-refractivity contribution in [2.24, 2.45) is 7.05 Å². The Labute approximate surface area is 97.3 Å². The zero-order chi connectivity index (χ0) is 12.4. The average Bonchev–Trinajstić information content (AvgIpc) is 2.60. The molecule has 17 heavy (non-hydrogen) atoms. The number of hydrogen-bond acceptors (Lipinski definition) is 2. The van der Waals surface area contributed by atoms with Crippen LogP contribution in [0.1, 0.15) is 5.69 Å². The van der Waals surface area contributed by atoms with Gasteiger partial charge < -0.3 is 5.11 Å². The summed E-state index contributed by atoms with van der Waals surface area (Å²) in [5.41, 5.74) is 1.84. The van der Waals surface area contributed by atoms with Gasteiger partial charge in [0.25, 0.3) is 0 Å². The summed E-state index contributed by atoms with van der Waals surface area (Å²) in [4.78, 5) is 10.8. The molecule has 4 nitrogen and oxygen atoms in total. The smallest absolute Gasteiger partial charge is 0.309 e. The minimum absolute atomic E-state index is 0.137. The lowest BCUT2D eigenvalue weighted by molar-refractivity contribution is -0.136.